The van der Waals surface area contributed by atoms with Crippen molar-refractivity contribution in [2.24, 2.45) is 0 Å². The molecule has 0 fully saturated rings. The highest BCUT2D eigenvalue weighted by Gasteiger charge is 1.88. The molecule has 0 heterocycles. The van der Waals surface area contributed by atoms with Gasteiger partial charge in [-0.15, -0.1) is 0 Å². The smallest absolute Gasteiger partial charge is 0.0716 e. The Hall–Kier alpha value is -0.820. The molecule has 11 heavy (non-hydrogen) atoms. The van der Waals surface area contributed by atoms with E-state index in [1.807, 2.05) is 6.92 Å². The SMILES string of the molecule is [2H]c1c([2H])c([2H])c(COCCC)c([2H])c1[2H]. The van der Waals surface area contributed by atoms with E-state index in [0.29, 0.717) is 6.61 Å². The molecule has 0 radical (unpaired) electrons. The van der Waals surface area contributed by atoms with Crippen molar-refractivity contribution < 1.29 is 11.6 Å². The van der Waals surface area contributed by atoms with Crippen LogP contribution in [0.1, 0.15) is 25.8 Å². The van der Waals surface area contributed by atoms with Gasteiger partial charge in [-0.1, -0.05) is 37.1 Å². The fourth-order valence-electron chi connectivity index (χ4n) is 0.667. The summed E-state index contributed by atoms with van der Waals surface area (Å²) in [5.41, 5.74) is 0.222. The largest absolute Gasteiger partial charge is 0.377 e. The predicted octanol–water partition coefficient (Wildman–Crippen LogP) is 2.61. The number of hydrogen-bond acceptors (Lipinski definition) is 1. The lowest BCUT2D eigenvalue weighted by atomic mass is 10.2. The van der Waals surface area contributed by atoms with Crippen LogP contribution in [0.2, 0.25) is 0 Å². The summed E-state index contributed by atoms with van der Waals surface area (Å²) in [5, 5.41) is 0. The Bertz CT molecular complexity index is 362. The molecule has 1 nitrogen and oxygen atoms in total. The number of ether oxygens (including phenoxy) is 1. The zero-order valence-electron chi connectivity index (χ0n) is 11.5. The molecule has 0 bridgehead atoms. The van der Waals surface area contributed by atoms with Gasteiger partial charge in [-0.25, -0.2) is 0 Å². The highest BCUT2D eigenvalue weighted by molar-refractivity contribution is 5.13. The average molecular weight is 155 g/mol. The normalized spacial score (nSPS) is 16.3. The Kier molecular flexibility index (Phi) is 1.66. The van der Waals surface area contributed by atoms with Crippen LogP contribution in [0.15, 0.2) is 30.2 Å². The quantitative estimate of drug-likeness (QED) is 0.607. The van der Waals surface area contributed by atoms with E-state index in [1.165, 1.54) is 0 Å². The molecular formula is C10H14O. The molecule has 0 aliphatic rings. The molecule has 1 aromatic carbocycles. The predicted molar refractivity (Wildman–Crippen MR) is 46.4 cm³/mol. The monoisotopic (exact) mass is 155 g/mol. The summed E-state index contributed by atoms with van der Waals surface area (Å²) in [4.78, 5) is 0. The summed E-state index contributed by atoms with van der Waals surface area (Å²) in [6.45, 7) is 2.52. The second-order valence-corrected chi connectivity index (χ2v) is 2.16. The highest BCUT2D eigenvalue weighted by atomic mass is 16.5. The molecule has 0 atom stereocenters. The van der Waals surface area contributed by atoms with Gasteiger partial charge in [-0.05, 0) is 12.0 Å². The van der Waals surface area contributed by atoms with Crippen molar-refractivity contribution in [1.82, 2.24) is 0 Å². The minimum Gasteiger partial charge on any atom is -0.377 e. The van der Waals surface area contributed by atoms with Gasteiger partial charge in [0.25, 0.3) is 0 Å². The first-order valence-electron chi connectivity index (χ1n) is 6.14. The highest BCUT2D eigenvalue weighted by Crippen LogP contribution is 2.00. The third-order valence-corrected chi connectivity index (χ3v) is 1.15. The second-order valence-electron chi connectivity index (χ2n) is 2.16. The summed E-state index contributed by atoms with van der Waals surface area (Å²) in [7, 11) is 0. The van der Waals surface area contributed by atoms with E-state index in [4.69, 9.17) is 11.6 Å². The molecule has 1 heteroatoms. The van der Waals surface area contributed by atoms with Crippen LogP contribution >= 0.6 is 0 Å². The molecule has 0 N–H and O–H groups in total. The molecule has 0 aromatic heterocycles. The zero-order valence-corrected chi connectivity index (χ0v) is 6.53. The van der Waals surface area contributed by atoms with Crippen molar-refractivity contribution in [3.63, 3.8) is 0 Å². The van der Waals surface area contributed by atoms with Gasteiger partial charge in [-0.3, -0.25) is 0 Å². The molecule has 0 unspecified atom stereocenters. The summed E-state index contributed by atoms with van der Waals surface area (Å²) >= 11 is 0. The van der Waals surface area contributed by atoms with Crippen LogP contribution in [0.3, 0.4) is 0 Å². The van der Waals surface area contributed by atoms with E-state index in [9.17, 15) is 0 Å². The van der Waals surface area contributed by atoms with Crippen LogP contribution in [-0.2, 0) is 11.3 Å². The standard InChI is InChI=1S/C10H14O/c1-2-8-11-9-10-6-4-3-5-7-10/h3-7H,2,8-9H2,1H3/i3D,4D,5D,6D,7D. The van der Waals surface area contributed by atoms with Crippen LogP contribution in [0.25, 0.3) is 0 Å². The Morgan fingerprint density at radius 1 is 1.36 bits per heavy atom. The Labute approximate surface area is 75.0 Å². The van der Waals surface area contributed by atoms with Crippen LogP contribution < -0.4 is 0 Å². The lowest BCUT2D eigenvalue weighted by Crippen LogP contribution is -1.92. The second kappa shape index (κ2) is 4.91. The molecule has 0 spiro atoms. The molecule has 60 valence electrons. The van der Waals surface area contributed by atoms with Crippen molar-refractivity contribution in [3.05, 3.63) is 35.8 Å². The van der Waals surface area contributed by atoms with E-state index in [0.717, 1.165) is 6.42 Å². The molecule has 0 aliphatic heterocycles. The first-order valence-corrected chi connectivity index (χ1v) is 3.64. The van der Waals surface area contributed by atoms with Gasteiger partial charge in [0.2, 0.25) is 0 Å². The summed E-state index contributed by atoms with van der Waals surface area (Å²) in [6, 6.07) is -1.34. The van der Waals surface area contributed by atoms with E-state index in [-0.39, 0.29) is 42.4 Å². The molecule has 1 aromatic rings. The number of benzene rings is 1. The van der Waals surface area contributed by atoms with Crippen LogP contribution in [-0.4, -0.2) is 6.61 Å². The van der Waals surface area contributed by atoms with Gasteiger partial charge < -0.3 is 4.74 Å². The van der Waals surface area contributed by atoms with Crippen molar-refractivity contribution in [2.45, 2.75) is 20.0 Å². The van der Waals surface area contributed by atoms with Gasteiger partial charge in [0, 0.05) is 6.61 Å². The maximum absolute atomic E-state index is 7.62. The Balaban J connectivity index is 3.08. The third kappa shape index (κ3) is 3.19. The first-order chi connectivity index (χ1) is 7.50. The number of hydrogen-bond donors (Lipinski definition) is 0. The van der Waals surface area contributed by atoms with Gasteiger partial charge in [-0.2, -0.15) is 0 Å². The molecule has 0 aliphatic carbocycles. The average Bonchev–Trinajstić information content (AvgIpc) is 2.28. The van der Waals surface area contributed by atoms with Crippen LogP contribution in [0.4, 0.5) is 0 Å². The van der Waals surface area contributed by atoms with Gasteiger partial charge in [0.05, 0.1) is 13.5 Å². The number of rotatable bonds is 4. The zero-order chi connectivity index (χ0) is 12.3. The molecule has 1 rings (SSSR count). The third-order valence-electron chi connectivity index (χ3n) is 1.15. The molecule has 0 saturated carbocycles. The summed E-state index contributed by atoms with van der Waals surface area (Å²) < 4.78 is 42.8. The first kappa shape index (κ1) is 3.72. The minimum atomic E-state index is -0.366. The van der Waals surface area contributed by atoms with E-state index in [1.54, 1.807) is 0 Å². The van der Waals surface area contributed by atoms with Gasteiger partial charge in [0.15, 0.2) is 0 Å². The van der Waals surface area contributed by atoms with Crippen molar-refractivity contribution in [3.8, 4) is 0 Å². The van der Waals surface area contributed by atoms with Crippen LogP contribution in [0, 0.1) is 0 Å². The summed E-state index contributed by atoms with van der Waals surface area (Å²) in [6.07, 6.45) is 0.832. The lowest BCUT2D eigenvalue weighted by Gasteiger charge is -2.00. The van der Waals surface area contributed by atoms with Crippen LogP contribution in [0.5, 0.6) is 0 Å². The van der Waals surface area contributed by atoms with Crippen molar-refractivity contribution >= 4 is 0 Å². The topological polar surface area (TPSA) is 9.23 Å². The molecule has 0 saturated heterocycles. The summed E-state index contributed by atoms with van der Waals surface area (Å²) in [5.74, 6) is 0. The van der Waals surface area contributed by atoms with Gasteiger partial charge >= 0.3 is 0 Å². The lowest BCUT2D eigenvalue weighted by molar-refractivity contribution is 0.121. The molecule has 0 amide bonds. The van der Waals surface area contributed by atoms with Crippen molar-refractivity contribution in [1.29, 1.82) is 0 Å². The fourth-order valence-corrected chi connectivity index (χ4v) is 0.667. The van der Waals surface area contributed by atoms with E-state index < -0.39 is 0 Å². The minimum absolute atomic E-state index is 0.0591. The maximum atomic E-state index is 7.62. The molecular weight excluding hydrogens is 136 g/mol. The van der Waals surface area contributed by atoms with E-state index >= 15 is 0 Å². The van der Waals surface area contributed by atoms with E-state index in [2.05, 4.69) is 0 Å². The fraction of sp³-hybridized carbons (Fsp3) is 0.400. The van der Waals surface area contributed by atoms with Crippen molar-refractivity contribution in [2.75, 3.05) is 6.61 Å². The van der Waals surface area contributed by atoms with Gasteiger partial charge in [0.1, 0.15) is 0 Å². The Morgan fingerprint density at radius 2 is 2.09 bits per heavy atom. The Morgan fingerprint density at radius 3 is 2.73 bits per heavy atom. The maximum Gasteiger partial charge on any atom is 0.0716 e.